The molecule has 0 saturated carbocycles. The number of nitrogens with one attached hydrogen (secondary N) is 3. The van der Waals surface area contributed by atoms with E-state index in [2.05, 4.69) is 15.6 Å². The van der Waals surface area contributed by atoms with Gasteiger partial charge in [0, 0.05) is 36.1 Å². The highest BCUT2D eigenvalue weighted by molar-refractivity contribution is 6.05. The molecule has 1 aromatic carbocycles. The lowest BCUT2D eigenvalue weighted by Gasteiger charge is -2.06. The van der Waals surface area contributed by atoms with E-state index in [4.69, 9.17) is 0 Å². The van der Waals surface area contributed by atoms with Crippen LogP contribution in [0.15, 0.2) is 47.4 Å². The van der Waals surface area contributed by atoms with E-state index in [9.17, 15) is 14.4 Å². The van der Waals surface area contributed by atoms with Crippen LogP contribution >= 0.6 is 0 Å². The molecule has 2 aromatic rings. The van der Waals surface area contributed by atoms with Gasteiger partial charge in [-0.15, -0.1) is 0 Å². The predicted octanol–water partition coefficient (Wildman–Crippen LogP) is 0.987. The van der Waals surface area contributed by atoms with Crippen molar-refractivity contribution < 1.29 is 9.59 Å². The van der Waals surface area contributed by atoms with E-state index in [1.54, 1.807) is 24.3 Å². The lowest BCUT2D eigenvalue weighted by Crippen LogP contribution is -2.19. The van der Waals surface area contributed by atoms with Gasteiger partial charge in [0.1, 0.15) is 0 Å². The Morgan fingerprint density at radius 2 is 1.80 bits per heavy atom. The van der Waals surface area contributed by atoms with Crippen molar-refractivity contribution in [2.24, 2.45) is 0 Å². The Kier molecular flexibility index (Phi) is 3.95. The minimum Gasteiger partial charge on any atom is -0.355 e. The Morgan fingerprint density at radius 3 is 2.50 bits per heavy atom. The first-order chi connectivity index (χ1) is 9.60. The van der Waals surface area contributed by atoms with Gasteiger partial charge in [-0.2, -0.15) is 0 Å². The van der Waals surface area contributed by atoms with Gasteiger partial charge in [0.25, 0.3) is 11.8 Å². The Balaban J connectivity index is 2.20. The Hall–Kier alpha value is -2.89. The summed E-state index contributed by atoms with van der Waals surface area (Å²) < 4.78 is 0. The van der Waals surface area contributed by atoms with E-state index >= 15 is 0 Å². The number of hydrogen-bond acceptors (Lipinski definition) is 3. The highest BCUT2D eigenvalue weighted by atomic mass is 16.2. The quantitative estimate of drug-likeness (QED) is 0.777. The van der Waals surface area contributed by atoms with Crippen molar-refractivity contribution in [2.75, 3.05) is 12.4 Å². The second-order valence-electron chi connectivity index (χ2n) is 4.06. The molecule has 3 N–H and O–H groups in total. The van der Waals surface area contributed by atoms with Gasteiger partial charge >= 0.3 is 0 Å². The summed E-state index contributed by atoms with van der Waals surface area (Å²) in [5.74, 6) is -0.651. The average Bonchev–Trinajstić information content (AvgIpc) is 2.46. The van der Waals surface area contributed by atoms with E-state index in [1.807, 2.05) is 0 Å². The Bertz CT molecular complexity index is 707. The number of H-pyrrole nitrogens is 1. The number of carbonyl (C=O) groups excluding carboxylic acids is 2. The minimum atomic E-state index is -0.412. The van der Waals surface area contributed by atoms with Crippen molar-refractivity contribution in [3.63, 3.8) is 0 Å². The molecular weight excluding hydrogens is 258 g/mol. The number of aromatic amines is 1. The second-order valence-corrected chi connectivity index (χ2v) is 4.06. The van der Waals surface area contributed by atoms with Crippen LogP contribution in [-0.4, -0.2) is 23.8 Å². The smallest absolute Gasteiger partial charge is 0.255 e. The van der Waals surface area contributed by atoms with Gasteiger partial charge in [0.15, 0.2) is 0 Å². The maximum atomic E-state index is 12.0. The number of anilines is 1. The zero-order chi connectivity index (χ0) is 14.5. The summed E-state index contributed by atoms with van der Waals surface area (Å²) >= 11 is 0. The number of aromatic nitrogens is 1. The molecule has 0 aliphatic rings. The molecule has 6 heteroatoms. The number of hydrogen-bond donors (Lipinski definition) is 3. The third kappa shape index (κ3) is 3.11. The molecule has 0 unspecified atom stereocenters. The van der Waals surface area contributed by atoms with Crippen molar-refractivity contribution >= 4 is 17.5 Å². The summed E-state index contributed by atoms with van der Waals surface area (Å²) in [4.78, 5) is 37.0. The average molecular weight is 271 g/mol. The molecule has 6 nitrogen and oxygen atoms in total. The fourth-order valence-electron chi connectivity index (χ4n) is 1.67. The highest BCUT2D eigenvalue weighted by Gasteiger charge is 2.08. The zero-order valence-electron chi connectivity index (χ0n) is 10.8. The molecule has 0 atom stereocenters. The van der Waals surface area contributed by atoms with E-state index < -0.39 is 5.91 Å². The summed E-state index contributed by atoms with van der Waals surface area (Å²) in [5.41, 5.74) is 0.823. The summed E-state index contributed by atoms with van der Waals surface area (Å²) in [6.45, 7) is 0. The van der Waals surface area contributed by atoms with Crippen LogP contribution in [0.25, 0.3) is 0 Å². The van der Waals surface area contributed by atoms with E-state index in [-0.39, 0.29) is 17.0 Å². The minimum absolute atomic E-state index is 0.239. The summed E-state index contributed by atoms with van der Waals surface area (Å²) in [5, 5.41) is 5.14. The van der Waals surface area contributed by atoms with Crippen LogP contribution in [0.5, 0.6) is 0 Å². The normalized spacial score (nSPS) is 9.85. The Labute approximate surface area is 114 Å². The molecule has 0 bridgehead atoms. The van der Waals surface area contributed by atoms with E-state index in [0.717, 1.165) is 0 Å². The molecule has 2 amide bonds. The molecule has 0 aliphatic heterocycles. The summed E-state index contributed by atoms with van der Waals surface area (Å²) in [7, 11) is 1.53. The molecule has 0 saturated heterocycles. The van der Waals surface area contributed by atoms with E-state index in [1.165, 1.54) is 25.4 Å². The number of carbonyl (C=O) groups is 2. The number of benzene rings is 1. The third-order valence-corrected chi connectivity index (χ3v) is 2.65. The molecule has 1 aromatic heterocycles. The summed E-state index contributed by atoms with van der Waals surface area (Å²) in [6, 6.07) is 9.23. The predicted molar refractivity (Wildman–Crippen MR) is 74.8 cm³/mol. The van der Waals surface area contributed by atoms with Crippen LogP contribution in [-0.2, 0) is 0 Å². The second kappa shape index (κ2) is 5.83. The molecule has 0 spiro atoms. The molecule has 0 aliphatic carbocycles. The molecule has 2 rings (SSSR count). The molecular formula is C14H13N3O3. The van der Waals surface area contributed by atoms with Crippen molar-refractivity contribution in [3.05, 3.63) is 64.1 Å². The monoisotopic (exact) mass is 271 g/mol. The number of pyridine rings is 1. The van der Waals surface area contributed by atoms with Crippen LogP contribution in [0.2, 0.25) is 0 Å². The van der Waals surface area contributed by atoms with Crippen molar-refractivity contribution in [1.82, 2.24) is 10.3 Å². The highest BCUT2D eigenvalue weighted by Crippen LogP contribution is 2.11. The lowest BCUT2D eigenvalue weighted by molar-refractivity contribution is 0.0961. The van der Waals surface area contributed by atoms with Crippen LogP contribution in [0.3, 0.4) is 0 Å². The first kappa shape index (κ1) is 13.5. The third-order valence-electron chi connectivity index (χ3n) is 2.65. The molecule has 0 fully saturated rings. The number of amides is 2. The summed E-state index contributed by atoms with van der Waals surface area (Å²) in [6.07, 6.45) is 1.40. The lowest BCUT2D eigenvalue weighted by atomic mass is 10.1. The van der Waals surface area contributed by atoms with Gasteiger partial charge in [-0.05, 0) is 24.3 Å². The van der Waals surface area contributed by atoms with Gasteiger partial charge in [-0.3, -0.25) is 14.4 Å². The first-order valence-corrected chi connectivity index (χ1v) is 5.92. The molecule has 1 heterocycles. The molecule has 0 radical (unpaired) electrons. The zero-order valence-corrected chi connectivity index (χ0v) is 10.8. The largest absolute Gasteiger partial charge is 0.355 e. The Morgan fingerprint density at radius 1 is 1.05 bits per heavy atom. The maximum absolute atomic E-state index is 12.0. The van der Waals surface area contributed by atoms with Crippen LogP contribution in [0.1, 0.15) is 20.7 Å². The fourth-order valence-corrected chi connectivity index (χ4v) is 1.67. The topological polar surface area (TPSA) is 91.1 Å². The van der Waals surface area contributed by atoms with Gasteiger partial charge in [0.2, 0.25) is 5.56 Å². The van der Waals surface area contributed by atoms with Gasteiger partial charge in [0.05, 0.1) is 0 Å². The van der Waals surface area contributed by atoms with E-state index in [0.29, 0.717) is 11.3 Å². The van der Waals surface area contributed by atoms with Crippen molar-refractivity contribution in [2.45, 2.75) is 0 Å². The first-order valence-electron chi connectivity index (χ1n) is 5.92. The standard InChI is InChI=1S/C14H13N3O3/c1-15-13(19)9-3-2-4-11(7-9)17-14(20)10-5-6-16-12(18)8-10/h2-8H,1H3,(H,15,19)(H,16,18)(H,17,20). The SMILES string of the molecule is CNC(=O)c1cccc(NC(=O)c2cc[nH]c(=O)c2)c1. The van der Waals surface area contributed by atoms with Crippen LogP contribution < -0.4 is 16.2 Å². The van der Waals surface area contributed by atoms with Crippen LogP contribution in [0.4, 0.5) is 5.69 Å². The molecule has 20 heavy (non-hydrogen) atoms. The van der Waals surface area contributed by atoms with Crippen molar-refractivity contribution in [1.29, 1.82) is 0 Å². The van der Waals surface area contributed by atoms with Crippen molar-refractivity contribution in [3.8, 4) is 0 Å². The maximum Gasteiger partial charge on any atom is 0.255 e. The van der Waals surface area contributed by atoms with Crippen LogP contribution in [0, 0.1) is 0 Å². The fraction of sp³-hybridized carbons (Fsp3) is 0.0714. The van der Waals surface area contributed by atoms with Gasteiger partial charge in [-0.1, -0.05) is 6.07 Å². The number of rotatable bonds is 3. The van der Waals surface area contributed by atoms with Gasteiger partial charge < -0.3 is 15.6 Å². The van der Waals surface area contributed by atoms with Gasteiger partial charge in [-0.25, -0.2) is 0 Å². The molecule has 102 valence electrons.